The molecule has 34 nitrogen and oxygen atoms in total. The van der Waals surface area contributed by atoms with E-state index in [1.54, 1.807) is 86.6 Å². The number of anilines is 2. The summed E-state index contributed by atoms with van der Waals surface area (Å²) < 4.78 is 21.8. The Balaban J connectivity index is 1.14. The third kappa shape index (κ3) is 26.8. The Morgan fingerprint density at radius 3 is 1.72 bits per heavy atom. The second-order valence-electron chi connectivity index (χ2n) is 37.5. The molecule has 13 amide bonds. The highest BCUT2D eigenvalue weighted by Gasteiger charge is 2.47. The van der Waals surface area contributed by atoms with E-state index < -0.39 is 162 Å². The molecule has 36 heteroatoms. The van der Waals surface area contributed by atoms with Crippen molar-refractivity contribution < 1.29 is 81.7 Å². The Hall–Kier alpha value is -10.1. The number of ether oxygens (including phenoxy) is 1. The van der Waals surface area contributed by atoms with Crippen LogP contribution in [0.2, 0.25) is 5.02 Å². The number of piperazine rings is 2. The van der Waals surface area contributed by atoms with Crippen LogP contribution in [-0.2, 0) is 62.3 Å². The number of nitrogens with zero attached hydrogens (tertiary/aromatic N) is 13. The van der Waals surface area contributed by atoms with E-state index in [0.29, 0.717) is 59.8 Å². The number of halogens is 2. The van der Waals surface area contributed by atoms with Crippen molar-refractivity contribution >= 4 is 117 Å². The van der Waals surface area contributed by atoms with Gasteiger partial charge in [0.15, 0.2) is 0 Å². The van der Waals surface area contributed by atoms with Crippen molar-refractivity contribution in [1.82, 2.24) is 80.2 Å². The molecule has 3 aromatic rings. The lowest BCUT2D eigenvalue weighted by atomic mass is 9.90. The number of aromatic nitrogens is 2. The average molecular weight is 1820 g/mol. The number of fused-ring (bicyclic) bond motifs is 5. The molecule has 7 rings (SSSR count). The van der Waals surface area contributed by atoms with Crippen molar-refractivity contribution in [3.63, 3.8) is 0 Å². The zero-order valence-electron chi connectivity index (χ0n) is 80.0. The molecule has 2 aromatic carbocycles. The van der Waals surface area contributed by atoms with Gasteiger partial charge in [-0.15, -0.1) is 0 Å². The van der Waals surface area contributed by atoms with Crippen LogP contribution in [-0.4, -0.2) is 340 Å². The lowest BCUT2D eigenvalue weighted by Gasteiger charge is -2.41. The van der Waals surface area contributed by atoms with Gasteiger partial charge in [0.2, 0.25) is 82.7 Å². The van der Waals surface area contributed by atoms with Gasteiger partial charge < -0.3 is 90.1 Å². The van der Waals surface area contributed by atoms with Gasteiger partial charge in [-0.2, -0.15) is 4.98 Å². The van der Waals surface area contributed by atoms with Crippen LogP contribution < -0.4 is 36.2 Å². The minimum atomic E-state index is -1.79. The van der Waals surface area contributed by atoms with Crippen LogP contribution in [0.25, 0.3) is 28.1 Å². The topological polar surface area (TPSA) is 393 Å². The van der Waals surface area contributed by atoms with Crippen LogP contribution in [0, 0.1) is 47.2 Å². The fourth-order valence-electron chi connectivity index (χ4n) is 17.3. The molecular formula is C93H144ClFN18O16. The number of amides is 13. The second kappa shape index (κ2) is 47.6. The normalized spacial score (nSPS) is 24.3. The first-order chi connectivity index (χ1) is 60.6. The SMILES string of the molecule is C=CC(=O)N1CCN(c2nc(NCCC(=O)N3CCN(C(=O)CCC[C@@H](C)[C@@H](O)[C@H]4C(=O)N[C@@H](CC)C(=O)N(C)CC(=O)N(C)[C@@H](CC(C)C)C(=O)N[C@@H](C(C)C)C(=O)N(C)[C@@H](CC(C)C)C(O)N[C@@H](C)C(=O)N[C@H](C)C(=O)N(C)[C@@H](CC(C)C)C(=O)N(C)[C@@H](CC(C)C)C(=O)N(C)[C@@H](C(C)C)C(=O)N4C)CC3)nc3c4c(c(Cl)cc23)-c2c(F)cccc2OC/C=C/4)CC1. The predicted octanol–water partition coefficient (Wildman–Crippen LogP) is 6.08. The number of rotatable bonds is 23. The molecule has 1 unspecified atom stereocenters. The van der Waals surface area contributed by atoms with Crippen molar-refractivity contribution in [2.24, 2.45) is 41.4 Å². The first kappa shape index (κ1) is 106. The summed E-state index contributed by atoms with van der Waals surface area (Å²) in [7, 11) is 9.82. The highest BCUT2D eigenvalue weighted by Crippen LogP contribution is 2.46. The van der Waals surface area contributed by atoms with Crippen molar-refractivity contribution in [2.45, 2.75) is 241 Å². The maximum atomic E-state index is 15.9. The third-order valence-corrected chi connectivity index (χ3v) is 25.3. The van der Waals surface area contributed by atoms with Crippen LogP contribution in [0.15, 0.2) is 43.0 Å². The smallest absolute Gasteiger partial charge is 0.246 e. The predicted molar refractivity (Wildman–Crippen MR) is 494 cm³/mol. The third-order valence-electron chi connectivity index (χ3n) is 25.0. The number of benzene rings is 2. The fourth-order valence-corrected chi connectivity index (χ4v) is 17.6. The zero-order valence-corrected chi connectivity index (χ0v) is 80.8. The van der Waals surface area contributed by atoms with Gasteiger partial charge >= 0.3 is 0 Å². The van der Waals surface area contributed by atoms with E-state index in [9.17, 15) is 53.4 Å². The highest BCUT2D eigenvalue weighted by atomic mass is 35.5. The van der Waals surface area contributed by atoms with Gasteiger partial charge in [0.1, 0.15) is 78.6 Å². The van der Waals surface area contributed by atoms with E-state index >= 15 is 23.6 Å². The van der Waals surface area contributed by atoms with Crippen molar-refractivity contribution in [3.8, 4) is 16.9 Å². The number of hydrogen-bond donors (Lipinski definition) is 7. The molecule has 7 N–H and O–H groups in total. The molecule has 5 heterocycles. The first-order valence-electron chi connectivity index (χ1n) is 45.5. The molecule has 3 fully saturated rings. The Morgan fingerprint density at radius 1 is 0.612 bits per heavy atom. The van der Waals surface area contributed by atoms with E-state index in [1.807, 2.05) is 60.3 Å². The van der Waals surface area contributed by atoms with E-state index in [4.69, 9.17) is 26.3 Å². The van der Waals surface area contributed by atoms with Crippen LogP contribution in [0.5, 0.6) is 5.75 Å². The maximum Gasteiger partial charge on any atom is 0.246 e. The lowest BCUT2D eigenvalue weighted by molar-refractivity contribution is -0.157. The second-order valence-corrected chi connectivity index (χ2v) is 37.9. The molecule has 4 aliphatic rings. The maximum absolute atomic E-state index is 15.9. The molecule has 13 atom stereocenters. The monoisotopic (exact) mass is 1820 g/mol. The number of hydrogen-bond acceptors (Lipinski definition) is 21. The molecule has 0 spiro atoms. The summed E-state index contributed by atoms with van der Waals surface area (Å²) in [5.41, 5.74) is 1.56. The summed E-state index contributed by atoms with van der Waals surface area (Å²) in [5.74, 6) is -10.1. The van der Waals surface area contributed by atoms with Gasteiger partial charge in [-0.1, -0.05) is 127 Å². The van der Waals surface area contributed by atoms with Crippen LogP contribution >= 0.6 is 11.6 Å². The van der Waals surface area contributed by atoms with Crippen molar-refractivity contribution in [1.29, 1.82) is 0 Å². The molecule has 1 aromatic heterocycles. The standard InChI is InChI=1S/C93H144ClFN18O16/c1-25-65-88(124)103(18)51-74(117)104(19)66(46-52(3)4)85(121)100-77(56(11)12)91(127)105(20)67(47-53(5)6)84(120)97-59(16)83(119)98-60(17)87(123)106(21)68(48-54(7)8)89(125)107(22)69(49-55(9)10)90(126)108(23)79(57(13)14)92(128)109(24)80(86(122)99-65)81(118)58(15)30-27-34-72(115)111-37-39-112(40-38-111)73(116)35-36-96-93-101-78-61-31-29-45-129-70-33-28-32-64(95)76(70)75(61)63(94)50-62(78)82(102-93)113-43-41-110(42-44-113)71(114)26-2/h26,28-29,31-33,50,52-60,65-69,77,79-81,84,97,118,120H,2,25,27,30,34-49,51H2,1,3-24H3,(H,98,119)(H,99,122)(H,100,121)(H,96,101,102)/b31-29+/t58-,59+,60-,65+,66+,67+,68+,69+,77+,79+,80+,81-,84?/m1/s1. The zero-order chi connectivity index (χ0) is 96.3. The Labute approximate surface area is 765 Å². The van der Waals surface area contributed by atoms with Gasteiger partial charge in [0, 0.05) is 138 Å². The summed E-state index contributed by atoms with van der Waals surface area (Å²) in [6.45, 7) is 33.7. The van der Waals surface area contributed by atoms with Crippen LogP contribution in [0.3, 0.4) is 0 Å². The van der Waals surface area contributed by atoms with Crippen LogP contribution in [0.1, 0.15) is 174 Å². The lowest BCUT2D eigenvalue weighted by Crippen LogP contribution is -2.63. The summed E-state index contributed by atoms with van der Waals surface area (Å²) >= 11 is 7.09. The van der Waals surface area contributed by atoms with Gasteiger partial charge in [-0.3, -0.25) is 67.6 Å². The molecule has 0 bridgehead atoms. The summed E-state index contributed by atoms with van der Waals surface area (Å²) in [4.78, 5) is 216. The number of aliphatic hydroxyl groups excluding tert-OH is 2. The molecular weight excluding hydrogens is 1680 g/mol. The Morgan fingerprint density at radius 2 is 1.16 bits per heavy atom. The van der Waals surface area contributed by atoms with Gasteiger partial charge in [-0.25, -0.2) is 9.37 Å². The summed E-state index contributed by atoms with van der Waals surface area (Å²) in [6, 6.07) is -6.51. The Bertz CT molecular complexity index is 4520. The quantitative estimate of drug-likeness (QED) is 0.0529. The van der Waals surface area contributed by atoms with E-state index in [-0.39, 0.29) is 155 Å². The van der Waals surface area contributed by atoms with Gasteiger partial charge in [0.05, 0.1) is 40.8 Å². The number of carbonyl (C=O) groups excluding carboxylic acids is 13. The molecule has 129 heavy (non-hydrogen) atoms. The molecule has 4 aliphatic heterocycles. The first-order valence-corrected chi connectivity index (χ1v) is 45.9. The van der Waals surface area contributed by atoms with Crippen molar-refractivity contribution in [3.05, 3.63) is 59.4 Å². The van der Waals surface area contributed by atoms with E-state index in [1.165, 1.54) is 99.8 Å². The summed E-state index contributed by atoms with van der Waals surface area (Å²) in [5, 5.41) is 40.1. The number of nitrogens with one attached hydrogen (secondary N) is 5. The highest BCUT2D eigenvalue weighted by molar-refractivity contribution is 6.35. The molecule has 716 valence electrons. The van der Waals surface area contributed by atoms with Crippen molar-refractivity contribution in [2.75, 3.05) is 132 Å². The van der Waals surface area contributed by atoms with E-state index in [2.05, 4.69) is 33.2 Å². The number of likely N-dealkylation sites (N-methyl/N-ethyl adjacent to an activating group) is 7. The van der Waals surface area contributed by atoms with Crippen LogP contribution in [0.4, 0.5) is 16.2 Å². The van der Waals surface area contributed by atoms with E-state index in [0.717, 1.165) is 9.80 Å². The minimum Gasteiger partial charge on any atom is -0.489 e. The summed E-state index contributed by atoms with van der Waals surface area (Å²) in [6.07, 6.45) is 2.40. The largest absolute Gasteiger partial charge is 0.489 e. The Kier molecular flexibility index (Phi) is 39.1. The van der Waals surface area contributed by atoms with Gasteiger partial charge in [-0.05, 0) is 131 Å². The molecule has 0 aliphatic carbocycles. The molecule has 0 saturated carbocycles. The van der Waals surface area contributed by atoms with Gasteiger partial charge in [0.25, 0.3) is 0 Å². The molecule has 0 radical (unpaired) electrons. The minimum absolute atomic E-state index is 0.0103. The number of aliphatic hydroxyl groups is 2. The average Bonchev–Trinajstić information content (AvgIpc) is 0.738. The number of carbonyl (C=O) groups is 13. The molecule has 3 saturated heterocycles. The fraction of sp³-hybridized carbons (Fsp3) is 0.667.